The smallest absolute Gasteiger partial charge is 0.242 e. The molecule has 4 rings (SSSR count). The van der Waals surface area contributed by atoms with E-state index >= 15 is 0 Å². The lowest BCUT2D eigenvalue weighted by molar-refractivity contribution is -0.167. The minimum atomic E-state index is -0.234. The van der Waals surface area contributed by atoms with Crippen LogP contribution in [0.4, 0.5) is 0 Å². The number of benzene rings is 1. The summed E-state index contributed by atoms with van der Waals surface area (Å²) >= 11 is 0. The van der Waals surface area contributed by atoms with E-state index in [9.17, 15) is 14.7 Å². The molecule has 2 amide bonds. The molecule has 3 fully saturated rings. The molecule has 0 saturated carbocycles. The molecule has 3 aliphatic heterocycles. The first kappa shape index (κ1) is 22.8. The number of carbonyl (C=O) groups is 2. The van der Waals surface area contributed by atoms with Crippen LogP contribution in [0.2, 0.25) is 0 Å². The van der Waals surface area contributed by atoms with E-state index in [4.69, 9.17) is 4.74 Å². The first-order valence-electron chi connectivity index (χ1n) is 11.6. The Labute approximate surface area is 190 Å². The van der Waals surface area contributed by atoms with Gasteiger partial charge >= 0.3 is 0 Å². The van der Waals surface area contributed by atoms with Crippen molar-refractivity contribution in [1.29, 1.82) is 0 Å². The van der Waals surface area contributed by atoms with E-state index in [0.717, 1.165) is 30.6 Å². The molecule has 3 aliphatic rings. The van der Waals surface area contributed by atoms with E-state index in [2.05, 4.69) is 30.6 Å². The fourth-order valence-electron chi connectivity index (χ4n) is 4.89. The third-order valence-corrected chi connectivity index (χ3v) is 6.61. The molecule has 3 saturated heterocycles. The van der Waals surface area contributed by atoms with Crippen LogP contribution in [0, 0.1) is 17.8 Å². The zero-order chi connectivity index (χ0) is 22.7. The third-order valence-electron chi connectivity index (χ3n) is 6.61. The predicted octanol–water partition coefficient (Wildman–Crippen LogP) is 0.914. The summed E-state index contributed by atoms with van der Waals surface area (Å²) in [5.41, 5.74) is 2.04. The number of piperazine rings is 1. The summed E-state index contributed by atoms with van der Waals surface area (Å²) in [6.45, 7) is 7.90. The summed E-state index contributed by atoms with van der Waals surface area (Å²) in [6.07, 6.45) is 0.866. The third kappa shape index (κ3) is 4.83. The molecule has 1 N–H and O–H groups in total. The van der Waals surface area contributed by atoms with Gasteiger partial charge in [-0.05, 0) is 23.6 Å². The number of nitrogens with zero attached hydrogens (tertiary/aromatic N) is 3. The average molecular weight is 440 g/mol. The summed E-state index contributed by atoms with van der Waals surface area (Å²) in [5.74, 6) is 6.87. The summed E-state index contributed by atoms with van der Waals surface area (Å²) in [7, 11) is 0. The molecular weight excluding hydrogens is 406 g/mol. The Kier molecular flexibility index (Phi) is 7.14. The predicted molar refractivity (Wildman–Crippen MR) is 121 cm³/mol. The van der Waals surface area contributed by atoms with Gasteiger partial charge in [-0.25, -0.2) is 0 Å². The van der Waals surface area contributed by atoms with Gasteiger partial charge in [-0.3, -0.25) is 14.5 Å². The molecule has 0 radical (unpaired) electrons. The molecule has 7 heteroatoms. The molecule has 32 heavy (non-hydrogen) atoms. The second-order valence-corrected chi connectivity index (χ2v) is 9.33. The van der Waals surface area contributed by atoms with Crippen molar-refractivity contribution in [3.05, 3.63) is 35.4 Å². The Bertz CT molecular complexity index is 883. The molecule has 0 spiro atoms. The average Bonchev–Trinajstić information content (AvgIpc) is 2.76. The van der Waals surface area contributed by atoms with Crippen molar-refractivity contribution >= 4 is 11.8 Å². The van der Waals surface area contributed by atoms with Gasteiger partial charge in [-0.1, -0.05) is 37.8 Å². The number of morpholine rings is 1. The van der Waals surface area contributed by atoms with E-state index in [1.165, 1.54) is 0 Å². The highest BCUT2D eigenvalue weighted by Crippen LogP contribution is 2.42. The molecule has 0 aromatic heterocycles. The van der Waals surface area contributed by atoms with Gasteiger partial charge in [0.25, 0.3) is 0 Å². The van der Waals surface area contributed by atoms with Gasteiger partial charge in [-0.15, -0.1) is 0 Å². The van der Waals surface area contributed by atoms with E-state index in [1.54, 1.807) is 9.80 Å². The second-order valence-electron chi connectivity index (χ2n) is 9.33. The fourth-order valence-corrected chi connectivity index (χ4v) is 4.89. The van der Waals surface area contributed by atoms with Crippen molar-refractivity contribution in [1.82, 2.24) is 14.7 Å². The van der Waals surface area contributed by atoms with E-state index in [1.807, 2.05) is 24.3 Å². The Balaban J connectivity index is 1.44. The van der Waals surface area contributed by atoms with E-state index < -0.39 is 0 Å². The zero-order valence-electron chi connectivity index (χ0n) is 19.0. The van der Waals surface area contributed by atoms with Gasteiger partial charge < -0.3 is 19.6 Å². The minimum Gasteiger partial charge on any atom is -0.394 e. The van der Waals surface area contributed by atoms with Crippen molar-refractivity contribution in [2.75, 3.05) is 52.5 Å². The molecule has 3 heterocycles. The van der Waals surface area contributed by atoms with Crippen LogP contribution < -0.4 is 0 Å². The monoisotopic (exact) mass is 439 g/mol. The van der Waals surface area contributed by atoms with Gasteiger partial charge in [0.2, 0.25) is 11.8 Å². The number of aliphatic hydroxyl groups excluding tert-OH is 1. The van der Waals surface area contributed by atoms with Crippen LogP contribution in [0.25, 0.3) is 0 Å². The van der Waals surface area contributed by atoms with Gasteiger partial charge in [0.05, 0.1) is 45.0 Å². The number of hydrogen-bond donors (Lipinski definition) is 1. The van der Waals surface area contributed by atoms with Gasteiger partial charge in [0.15, 0.2) is 0 Å². The fraction of sp³-hybridized carbons (Fsp3) is 0.600. The SMILES string of the molecule is CC(C)CC#Cc1ccc([C@H]2[C@@H](CO)N3C(=O)CN(C(=O)CN4CCOCC4)C[C@@H]23)cc1. The molecule has 7 nitrogen and oxygen atoms in total. The first-order valence-corrected chi connectivity index (χ1v) is 11.6. The number of rotatable bonds is 5. The molecule has 3 atom stereocenters. The maximum atomic E-state index is 12.9. The highest BCUT2D eigenvalue weighted by atomic mass is 16.5. The van der Waals surface area contributed by atoms with Crippen molar-refractivity contribution in [3.63, 3.8) is 0 Å². The number of hydrogen-bond acceptors (Lipinski definition) is 5. The minimum absolute atomic E-state index is 0.0122. The Morgan fingerprint density at radius 2 is 1.94 bits per heavy atom. The van der Waals surface area contributed by atoms with Crippen LogP contribution >= 0.6 is 0 Å². The lowest BCUT2D eigenvalue weighted by Crippen LogP contribution is -2.73. The highest BCUT2D eigenvalue weighted by molar-refractivity contribution is 5.88. The molecule has 172 valence electrons. The quantitative estimate of drug-likeness (QED) is 0.691. The Morgan fingerprint density at radius 1 is 1.22 bits per heavy atom. The van der Waals surface area contributed by atoms with Gasteiger partial charge in [0, 0.05) is 37.5 Å². The maximum absolute atomic E-state index is 12.9. The van der Waals surface area contributed by atoms with Crippen molar-refractivity contribution in [3.8, 4) is 11.8 Å². The number of aliphatic hydroxyl groups is 1. The van der Waals surface area contributed by atoms with Gasteiger partial charge in [-0.2, -0.15) is 0 Å². The first-order chi connectivity index (χ1) is 15.5. The van der Waals surface area contributed by atoms with Crippen molar-refractivity contribution in [2.24, 2.45) is 5.92 Å². The van der Waals surface area contributed by atoms with E-state index in [-0.39, 0.29) is 43.0 Å². The highest BCUT2D eigenvalue weighted by Gasteiger charge is 2.54. The number of carbonyl (C=O) groups excluding carboxylic acids is 2. The molecule has 1 aromatic carbocycles. The molecule has 0 unspecified atom stereocenters. The lowest BCUT2D eigenvalue weighted by Gasteiger charge is -2.58. The number of fused-ring (bicyclic) bond motifs is 1. The van der Waals surface area contributed by atoms with Crippen molar-refractivity contribution < 1.29 is 19.4 Å². The van der Waals surface area contributed by atoms with Crippen LogP contribution in [-0.4, -0.2) is 96.2 Å². The second kappa shape index (κ2) is 10.0. The number of ether oxygens (including phenoxy) is 1. The summed E-state index contributed by atoms with van der Waals surface area (Å²) in [4.78, 5) is 31.2. The van der Waals surface area contributed by atoms with Gasteiger partial charge in [0.1, 0.15) is 0 Å². The standard InChI is InChI=1S/C25H33N3O4/c1-18(2)4-3-5-19-6-8-20(9-7-19)25-21-14-27(16-24(31)28(21)22(25)17-29)23(30)15-26-10-12-32-13-11-26/h6-9,18,21-22,25,29H,4,10-17H2,1-2H3/t21-,22+,25+/m0/s1. The molecule has 0 bridgehead atoms. The van der Waals surface area contributed by atoms with E-state index in [0.29, 0.717) is 32.2 Å². The van der Waals surface area contributed by atoms with Crippen molar-refractivity contribution in [2.45, 2.75) is 38.3 Å². The van der Waals surface area contributed by atoms with Crippen LogP contribution in [0.5, 0.6) is 0 Å². The van der Waals surface area contributed by atoms with Crippen LogP contribution in [-0.2, 0) is 14.3 Å². The molecule has 1 aromatic rings. The Morgan fingerprint density at radius 3 is 2.59 bits per heavy atom. The van der Waals surface area contributed by atoms with Crippen LogP contribution in [0.1, 0.15) is 37.3 Å². The lowest BCUT2D eigenvalue weighted by atomic mass is 9.73. The maximum Gasteiger partial charge on any atom is 0.242 e. The zero-order valence-corrected chi connectivity index (χ0v) is 19.0. The summed E-state index contributed by atoms with van der Waals surface area (Å²) < 4.78 is 5.35. The summed E-state index contributed by atoms with van der Waals surface area (Å²) in [6, 6.07) is 7.77. The number of amides is 2. The molecular formula is C25H33N3O4. The normalized spacial score (nSPS) is 25.8. The largest absolute Gasteiger partial charge is 0.394 e. The molecule has 0 aliphatic carbocycles. The van der Waals surface area contributed by atoms with Crippen LogP contribution in [0.15, 0.2) is 24.3 Å². The Hall–Kier alpha value is -2.40. The topological polar surface area (TPSA) is 73.3 Å². The van der Waals surface area contributed by atoms with Crippen LogP contribution in [0.3, 0.4) is 0 Å². The summed E-state index contributed by atoms with van der Waals surface area (Å²) in [5, 5.41) is 9.97.